The summed E-state index contributed by atoms with van der Waals surface area (Å²) in [4.78, 5) is 20.8. The lowest BCUT2D eigenvalue weighted by atomic mass is 9.86. The topological polar surface area (TPSA) is 60.0 Å². The smallest absolute Gasteiger partial charge is 0.243 e. The van der Waals surface area contributed by atoms with Crippen molar-refractivity contribution in [1.82, 2.24) is 20.4 Å². The number of halogens is 1. The molecule has 1 aliphatic carbocycles. The first-order valence-corrected chi connectivity index (χ1v) is 11.0. The zero-order valence-corrected chi connectivity index (χ0v) is 20.7. The minimum absolute atomic E-state index is 0. The van der Waals surface area contributed by atoms with Crippen LogP contribution in [0.25, 0.3) is 0 Å². The molecule has 164 valence electrons. The Kier molecular flexibility index (Phi) is 12.4. The first kappa shape index (κ1) is 25.5. The molecule has 1 saturated carbocycles. The molecule has 1 amide bonds. The van der Waals surface area contributed by atoms with Crippen molar-refractivity contribution in [3.05, 3.63) is 0 Å². The summed E-state index contributed by atoms with van der Waals surface area (Å²) >= 11 is 0. The maximum Gasteiger partial charge on any atom is 0.243 e. The molecule has 2 rings (SSSR count). The van der Waals surface area contributed by atoms with Gasteiger partial charge in [-0.1, -0.05) is 33.1 Å². The van der Waals surface area contributed by atoms with Crippen LogP contribution in [0.4, 0.5) is 0 Å². The van der Waals surface area contributed by atoms with Gasteiger partial charge in [-0.25, -0.2) is 4.99 Å². The van der Waals surface area contributed by atoms with Crippen molar-refractivity contribution < 1.29 is 4.79 Å². The number of likely N-dealkylation sites (N-methyl/N-ethyl adjacent to an activating group) is 1. The number of amides is 1. The molecule has 0 radical (unpaired) electrons. The van der Waals surface area contributed by atoms with Gasteiger partial charge in [0.1, 0.15) is 6.54 Å². The Labute approximate surface area is 189 Å². The third kappa shape index (κ3) is 8.84. The number of nitrogens with one attached hydrogen (secondary N) is 2. The first-order valence-electron chi connectivity index (χ1n) is 11.0. The van der Waals surface area contributed by atoms with Crippen LogP contribution in [0.15, 0.2) is 4.99 Å². The normalized spacial score (nSPS) is 24.4. The highest BCUT2D eigenvalue weighted by molar-refractivity contribution is 14.0. The van der Waals surface area contributed by atoms with Gasteiger partial charge < -0.3 is 20.4 Å². The third-order valence-electron chi connectivity index (χ3n) is 6.06. The molecule has 2 unspecified atom stereocenters. The highest BCUT2D eigenvalue weighted by atomic mass is 127. The van der Waals surface area contributed by atoms with Crippen molar-refractivity contribution >= 4 is 35.8 Å². The van der Waals surface area contributed by atoms with E-state index < -0.39 is 0 Å². The Morgan fingerprint density at radius 2 is 1.79 bits per heavy atom. The standard InChI is InChI=1S/C21H41N5O.HI/c1-5-6-13-26-14-11-18(12-15-26)23-21(22-16-20(27)25(3)4)24-19-10-8-7-9-17(19)2;/h17-19H,5-16H2,1-4H3,(H2,22,23,24);1H. The number of likely N-dealkylation sites (tertiary alicyclic amines) is 1. The molecular weight excluding hydrogens is 465 g/mol. The molecule has 28 heavy (non-hydrogen) atoms. The van der Waals surface area contributed by atoms with E-state index in [0.29, 0.717) is 18.0 Å². The van der Waals surface area contributed by atoms with E-state index in [4.69, 9.17) is 0 Å². The van der Waals surface area contributed by atoms with Crippen molar-refractivity contribution in [2.24, 2.45) is 10.9 Å². The summed E-state index contributed by atoms with van der Waals surface area (Å²) in [7, 11) is 3.57. The monoisotopic (exact) mass is 507 g/mol. The van der Waals surface area contributed by atoms with E-state index in [1.54, 1.807) is 19.0 Å². The maximum absolute atomic E-state index is 12.0. The molecule has 2 atom stereocenters. The SMILES string of the molecule is CCCCN1CCC(NC(=NCC(=O)N(C)C)NC2CCCCC2C)CC1.I. The zero-order chi connectivity index (χ0) is 19.6. The average Bonchev–Trinajstić information content (AvgIpc) is 2.66. The highest BCUT2D eigenvalue weighted by Crippen LogP contribution is 2.23. The molecule has 7 heteroatoms. The lowest BCUT2D eigenvalue weighted by Gasteiger charge is -2.35. The van der Waals surface area contributed by atoms with Gasteiger partial charge in [0.05, 0.1) is 0 Å². The number of unbranched alkanes of at least 4 members (excludes halogenated alkanes) is 1. The van der Waals surface area contributed by atoms with Crippen LogP contribution in [0.3, 0.4) is 0 Å². The molecule has 0 aromatic heterocycles. The Hall–Kier alpha value is -0.570. The second-order valence-electron chi connectivity index (χ2n) is 8.58. The van der Waals surface area contributed by atoms with E-state index in [0.717, 1.165) is 31.9 Å². The van der Waals surface area contributed by atoms with E-state index in [-0.39, 0.29) is 36.4 Å². The Balaban J connectivity index is 0.00000392. The second kappa shape index (κ2) is 13.6. The van der Waals surface area contributed by atoms with Crippen LogP contribution in [0, 0.1) is 5.92 Å². The molecule has 1 saturated heterocycles. The van der Waals surface area contributed by atoms with Gasteiger partial charge in [-0.05, 0) is 44.6 Å². The van der Waals surface area contributed by atoms with Crippen LogP contribution in [0.2, 0.25) is 0 Å². The molecule has 0 bridgehead atoms. The molecule has 1 heterocycles. The van der Waals surface area contributed by atoms with Gasteiger partial charge in [-0.15, -0.1) is 24.0 Å². The number of carbonyl (C=O) groups excluding carboxylic acids is 1. The number of hydrogen-bond donors (Lipinski definition) is 2. The summed E-state index contributed by atoms with van der Waals surface area (Å²) < 4.78 is 0. The van der Waals surface area contributed by atoms with Crippen LogP contribution in [-0.2, 0) is 4.79 Å². The number of piperidine rings is 1. The van der Waals surface area contributed by atoms with Crippen LogP contribution in [-0.4, -0.2) is 74.0 Å². The highest BCUT2D eigenvalue weighted by Gasteiger charge is 2.24. The number of guanidine groups is 1. The number of carbonyl (C=O) groups is 1. The summed E-state index contributed by atoms with van der Waals surface area (Å²) in [6, 6.07) is 0.909. The van der Waals surface area contributed by atoms with Crippen molar-refractivity contribution in [3.8, 4) is 0 Å². The lowest BCUT2D eigenvalue weighted by molar-refractivity contribution is -0.127. The molecule has 1 aliphatic heterocycles. The predicted molar refractivity (Wildman–Crippen MR) is 128 cm³/mol. The molecule has 0 aromatic carbocycles. The Morgan fingerprint density at radius 3 is 2.39 bits per heavy atom. The summed E-state index contributed by atoms with van der Waals surface area (Å²) in [6.07, 6.45) is 9.92. The Bertz CT molecular complexity index is 477. The lowest BCUT2D eigenvalue weighted by Crippen LogP contribution is -2.52. The summed E-state index contributed by atoms with van der Waals surface area (Å²) in [6.45, 7) is 8.32. The van der Waals surface area contributed by atoms with Crippen LogP contribution >= 0.6 is 24.0 Å². The molecule has 0 spiro atoms. The summed E-state index contributed by atoms with van der Waals surface area (Å²) in [5.74, 6) is 1.53. The molecule has 2 N–H and O–H groups in total. The molecular formula is C21H42IN5O. The third-order valence-corrected chi connectivity index (χ3v) is 6.06. The predicted octanol–water partition coefficient (Wildman–Crippen LogP) is 3.07. The van der Waals surface area contributed by atoms with E-state index >= 15 is 0 Å². The Morgan fingerprint density at radius 1 is 1.11 bits per heavy atom. The van der Waals surface area contributed by atoms with Crippen molar-refractivity contribution in [3.63, 3.8) is 0 Å². The molecule has 0 aromatic rings. The van der Waals surface area contributed by atoms with E-state index in [1.807, 2.05) is 0 Å². The number of aliphatic imine (C=N–C) groups is 1. The maximum atomic E-state index is 12.0. The minimum atomic E-state index is 0. The number of nitrogens with zero attached hydrogens (tertiary/aromatic N) is 3. The van der Waals surface area contributed by atoms with E-state index in [2.05, 4.69) is 34.4 Å². The fourth-order valence-corrected chi connectivity index (χ4v) is 4.00. The van der Waals surface area contributed by atoms with Gasteiger partial charge in [0.15, 0.2) is 5.96 Å². The molecule has 2 fully saturated rings. The van der Waals surface area contributed by atoms with Crippen molar-refractivity contribution in [2.45, 2.75) is 77.3 Å². The summed E-state index contributed by atoms with van der Waals surface area (Å²) in [5, 5.41) is 7.28. The van der Waals surface area contributed by atoms with Gasteiger partial charge in [0, 0.05) is 39.3 Å². The van der Waals surface area contributed by atoms with Gasteiger partial charge in [-0.2, -0.15) is 0 Å². The quantitative estimate of drug-likeness (QED) is 0.316. The summed E-state index contributed by atoms with van der Waals surface area (Å²) in [5.41, 5.74) is 0. The fraction of sp³-hybridized carbons (Fsp3) is 0.905. The van der Waals surface area contributed by atoms with Crippen LogP contribution in [0.5, 0.6) is 0 Å². The minimum Gasteiger partial charge on any atom is -0.354 e. The average molecular weight is 508 g/mol. The first-order chi connectivity index (χ1) is 13.0. The van der Waals surface area contributed by atoms with Gasteiger partial charge in [0.2, 0.25) is 5.91 Å². The van der Waals surface area contributed by atoms with Crippen molar-refractivity contribution in [2.75, 3.05) is 40.3 Å². The van der Waals surface area contributed by atoms with E-state index in [1.165, 1.54) is 45.1 Å². The number of rotatable bonds is 7. The van der Waals surface area contributed by atoms with Crippen LogP contribution in [0.1, 0.15) is 65.2 Å². The molecule has 2 aliphatic rings. The fourth-order valence-electron chi connectivity index (χ4n) is 4.00. The van der Waals surface area contributed by atoms with Crippen molar-refractivity contribution in [1.29, 1.82) is 0 Å². The second-order valence-corrected chi connectivity index (χ2v) is 8.58. The van der Waals surface area contributed by atoms with Gasteiger partial charge in [-0.3, -0.25) is 4.79 Å². The van der Waals surface area contributed by atoms with Crippen LogP contribution < -0.4 is 10.6 Å². The number of hydrogen-bond acceptors (Lipinski definition) is 3. The zero-order valence-electron chi connectivity index (χ0n) is 18.4. The van der Waals surface area contributed by atoms with Gasteiger partial charge in [0.25, 0.3) is 0 Å². The largest absolute Gasteiger partial charge is 0.354 e. The van der Waals surface area contributed by atoms with Gasteiger partial charge >= 0.3 is 0 Å². The van der Waals surface area contributed by atoms with E-state index in [9.17, 15) is 4.79 Å². The molecule has 6 nitrogen and oxygen atoms in total.